The maximum absolute atomic E-state index is 9.81. The Morgan fingerprint density at radius 1 is 1.07 bits per heavy atom. The van der Waals surface area contributed by atoms with Gasteiger partial charge in [-0.15, -0.1) is 0 Å². The Kier molecular flexibility index (Phi) is 5.03. The second-order valence-electron chi connectivity index (χ2n) is 6.56. The summed E-state index contributed by atoms with van der Waals surface area (Å²) in [5, 5.41) is 20.2. The van der Waals surface area contributed by atoms with E-state index < -0.39 is 5.92 Å². The van der Waals surface area contributed by atoms with Crippen LogP contribution in [0.2, 0.25) is 5.02 Å². The lowest BCUT2D eigenvalue weighted by Crippen LogP contribution is -2.21. The molecule has 29 heavy (non-hydrogen) atoms. The van der Waals surface area contributed by atoms with Crippen LogP contribution in [0.4, 0.5) is 0 Å². The molecule has 144 valence electrons. The zero-order chi connectivity index (χ0) is 20.4. The first-order chi connectivity index (χ1) is 14.1. The largest absolute Gasteiger partial charge is 0.508 e. The molecule has 0 saturated heterocycles. The van der Waals surface area contributed by atoms with Crippen molar-refractivity contribution in [2.24, 2.45) is 5.73 Å². The van der Waals surface area contributed by atoms with Crippen molar-refractivity contribution in [3.63, 3.8) is 0 Å². The molecule has 0 unspecified atom stereocenters. The van der Waals surface area contributed by atoms with Crippen molar-refractivity contribution in [3.05, 3.63) is 99.9 Å². The topological polar surface area (TPSA) is 88.5 Å². The zero-order valence-electron chi connectivity index (χ0n) is 15.3. The maximum atomic E-state index is 9.81. The lowest BCUT2D eigenvalue weighted by molar-refractivity contribution is 0.301. The third-order valence-corrected chi connectivity index (χ3v) is 5.14. The van der Waals surface area contributed by atoms with Gasteiger partial charge in [-0.3, -0.25) is 0 Å². The van der Waals surface area contributed by atoms with Crippen molar-refractivity contribution in [2.75, 3.05) is 0 Å². The molecule has 3 N–H and O–H groups in total. The molecule has 0 spiro atoms. The predicted octanol–water partition coefficient (Wildman–Crippen LogP) is 4.84. The number of phenols is 1. The highest BCUT2D eigenvalue weighted by Gasteiger charge is 2.32. The quantitative estimate of drug-likeness (QED) is 0.649. The van der Waals surface area contributed by atoms with Crippen molar-refractivity contribution < 1.29 is 14.6 Å². The smallest absolute Gasteiger partial charge is 0.205 e. The number of nitrogens with two attached hydrogens (primary N) is 1. The first-order valence-corrected chi connectivity index (χ1v) is 9.32. The van der Waals surface area contributed by atoms with Crippen molar-refractivity contribution in [1.82, 2.24) is 0 Å². The van der Waals surface area contributed by atoms with Crippen molar-refractivity contribution in [2.45, 2.75) is 12.5 Å². The van der Waals surface area contributed by atoms with E-state index in [9.17, 15) is 10.4 Å². The Bertz CT molecular complexity index is 1150. The van der Waals surface area contributed by atoms with Gasteiger partial charge in [0.05, 0.1) is 5.92 Å². The van der Waals surface area contributed by atoms with Gasteiger partial charge in [0, 0.05) is 27.8 Å². The van der Waals surface area contributed by atoms with Crippen LogP contribution in [-0.4, -0.2) is 5.11 Å². The summed E-state index contributed by atoms with van der Waals surface area (Å²) in [7, 11) is 0. The molecule has 5 nitrogen and oxygen atoms in total. The molecule has 1 heterocycles. The van der Waals surface area contributed by atoms with E-state index in [1.807, 2.05) is 48.5 Å². The summed E-state index contributed by atoms with van der Waals surface area (Å²) in [5.74, 6) is 0.605. The van der Waals surface area contributed by atoms with Crippen LogP contribution < -0.4 is 15.2 Å². The SMILES string of the molecule is N#CC1=C(N)Oc2cc(O)ccc2[C@H]1c1ccccc1OCc1ccccc1Cl. The molecule has 1 aliphatic heterocycles. The Balaban J connectivity index is 1.77. The number of phenolic OH excluding ortho intramolecular Hbond substituents is 1. The fourth-order valence-corrected chi connectivity index (χ4v) is 3.58. The first-order valence-electron chi connectivity index (χ1n) is 8.94. The number of aromatic hydroxyl groups is 1. The molecule has 0 amide bonds. The Labute approximate surface area is 173 Å². The van der Waals surface area contributed by atoms with E-state index in [1.54, 1.807) is 12.1 Å². The summed E-state index contributed by atoms with van der Waals surface area (Å²) in [5.41, 5.74) is 8.66. The molecule has 0 fully saturated rings. The Morgan fingerprint density at radius 2 is 1.83 bits per heavy atom. The standard InChI is InChI=1S/C23H17ClN2O3/c24-19-7-3-1-5-14(19)13-28-20-8-4-2-6-16(20)22-17-10-9-15(27)11-21(17)29-23(26)18(22)12-25/h1-11,22,27H,13,26H2/t22-/m1/s1. The normalized spacial score (nSPS) is 15.2. The second-order valence-corrected chi connectivity index (χ2v) is 6.97. The van der Waals surface area contributed by atoms with Gasteiger partial charge in [0.1, 0.15) is 35.5 Å². The highest BCUT2D eigenvalue weighted by Crippen LogP contribution is 2.45. The van der Waals surface area contributed by atoms with Crippen LogP contribution in [0, 0.1) is 11.3 Å². The molecule has 0 saturated carbocycles. The number of fused-ring (bicyclic) bond motifs is 1. The third-order valence-electron chi connectivity index (χ3n) is 4.77. The summed E-state index contributed by atoms with van der Waals surface area (Å²) in [4.78, 5) is 0. The minimum Gasteiger partial charge on any atom is -0.508 e. The van der Waals surface area contributed by atoms with Crippen molar-refractivity contribution in [3.8, 4) is 23.3 Å². The zero-order valence-corrected chi connectivity index (χ0v) is 16.1. The second kappa shape index (κ2) is 7.78. The van der Waals surface area contributed by atoms with Crippen LogP contribution >= 0.6 is 11.6 Å². The van der Waals surface area contributed by atoms with Gasteiger partial charge in [-0.05, 0) is 18.2 Å². The first kappa shape index (κ1) is 18.7. The van der Waals surface area contributed by atoms with E-state index in [0.717, 1.165) is 16.7 Å². The van der Waals surface area contributed by atoms with Gasteiger partial charge < -0.3 is 20.3 Å². The van der Waals surface area contributed by atoms with Gasteiger partial charge in [0.25, 0.3) is 0 Å². The molecule has 1 aliphatic rings. The van der Waals surface area contributed by atoms with E-state index in [0.29, 0.717) is 16.5 Å². The Morgan fingerprint density at radius 3 is 2.62 bits per heavy atom. The molecule has 3 aromatic rings. The number of nitrogens with zero attached hydrogens (tertiary/aromatic N) is 1. The number of hydrogen-bond donors (Lipinski definition) is 2. The van der Waals surface area contributed by atoms with Gasteiger partial charge in [-0.2, -0.15) is 5.26 Å². The summed E-state index contributed by atoms with van der Waals surface area (Å²) < 4.78 is 11.6. The number of halogens is 1. The maximum Gasteiger partial charge on any atom is 0.205 e. The van der Waals surface area contributed by atoms with E-state index in [2.05, 4.69) is 6.07 Å². The molecule has 0 aromatic heterocycles. The van der Waals surface area contributed by atoms with E-state index in [4.69, 9.17) is 26.8 Å². The highest BCUT2D eigenvalue weighted by molar-refractivity contribution is 6.31. The molecular formula is C23H17ClN2O3. The highest BCUT2D eigenvalue weighted by atomic mass is 35.5. The van der Waals surface area contributed by atoms with Gasteiger partial charge in [0.15, 0.2) is 0 Å². The molecule has 0 bridgehead atoms. The van der Waals surface area contributed by atoms with Crippen LogP contribution in [0.25, 0.3) is 0 Å². The number of para-hydroxylation sites is 1. The van der Waals surface area contributed by atoms with Crippen LogP contribution in [-0.2, 0) is 6.61 Å². The van der Waals surface area contributed by atoms with Gasteiger partial charge in [0.2, 0.25) is 5.88 Å². The van der Waals surface area contributed by atoms with Crippen molar-refractivity contribution >= 4 is 11.6 Å². The van der Waals surface area contributed by atoms with Crippen LogP contribution in [0.3, 0.4) is 0 Å². The van der Waals surface area contributed by atoms with Crippen LogP contribution in [0.15, 0.2) is 78.2 Å². The monoisotopic (exact) mass is 404 g/mol. The lowest BCUT2D eigenvalue weighted by Gasteiger charge is -2.27. The predicted molar refractivity (Wildman–Crippen MR) is 110 cm³/mol. The number of allylic oxidation sites excluding steroid dienone is 1. The molecule has 4 rings (SSSR count). The summed E-state index contributed by atoms with van der Waals surface area (Å²) in [6.45, 7) is 0.281. The molecule has 3 aromatic carbocycles. The lowest BCUT2D eigenvalue weighted by atomic mass is 9.83. The molecular weight excluding hydrogens is 388 g/mol. The summed E-state index contributed by atoms with van der Waals surface area (Å²) >= 11 is 6.24. The van der Waals surface area contributed by atoms with E-state index >= 15 is 0 Å². The average Bonchev–Trinajstić information content (AvgIpc) is 2.72. The average molecular weight is 405 g/mol. The van der Waals surface area contributed by atoms with Crippen LogP contribution in [0.5, 0.6) is 17.2 Å². The third kappa shape index (κ3) is 3.58. The number of rotatable bonds is 4. The number of ether oxygens (including phenoxy) is 2. The summed E-state index contributed by atoms with van der Waals surface area (Å²) in [6, 6.07) is 21.9. The van der Waals surface area contributed by atoms with E-state index in [1.165, 1.54) is 6.07 Å². The molecule has 0 aliphatic carbocycles. The fraction of sp³-hybridized carbons (Fsp3) is 0.0870. The van der Waals surface area contributed by atoms with Crippen LogP contribution in [0.1, 0.15) is 22.6 Å². The number of hydrogen-bond acceptors (Lipinski definition) is 5. The fourth-order valence-electron chi connectivity index (χ4n) is 3.39. The van der Waals surface area contributed by atoms with Gasteiger partial charge >= 0.3 is 0 Å². The molecule has 0 radical (unpaired) electrons. The number of benzene rings is 3. The molecule has 6 heteroatoms. The summed E-state index contributed by atoms with van der Waals surface area (Å²) in [6.07, 6.45) is 0. The van der Waals surface area contributed by atoms with Gasteiger partial charge in [-0.25, -0.2) is 0 Å². The van der Waals surface area contributed by atoms with E-state index in [-0.39, 0.29) is 23.8 Å². The molecule has 1 atom stereocenters. The van der Waals surface area contributed by atoms with Crippen molar-refractivity contribution in [1.29, 1.82) is 5.26 Å². The minimum atomic E-state index is -0.480. The number of nitriles is 1. The minimum absolute atomic E-state index is 0.0107. The van der Waals surface area contributed by atoms with Gasteiger partial charge in [-0.1, -0.05) is 54.1 Å². The Hall–Kier alpha value is -3.62.